The van der Waals surface area contributed by atoms with Crippen molar-refractivity contribution in [2.24, 2.45) is 0 Å². The maximum Gasteiger partial charge on any atom is 0.210 e. The van der Waals surface area contributed by atoms with Gasteiger partial charge in [0.15, 0.2) is 0 Å². The highest BCUT2D eigenvalue weighted by atomic mass is 35.5. The van der Waals surface area contributed by atoms with Crippen LogP contribution in [0.25, 0.3) is 20.2 Å². The Morgan fingerprint density at radius 1 is 1.00 bits per heavy atom. The molecule has 3 heterocycles. The quantitative estimate of drug-likeness (QED) is 0.308. The number of fused-ring (bicyclic) bond motifs is 3. The second-order valence-electron chi connectivity index (χ2n) is 7.39. The van der Waals surface area contributed by atoms with Gasteiger partial charge in [-0.05, 0) is 35.9 Å². The molecule has 26 heavy (non-hydrogen) atoms. The van der Waals surface area contributed by atoms with Crippen molar-refractivity contribution in [3.05, 3.63) is 40.8 Å². The van der Waals surface area contributed by atoms with Gasteiger partial charge in [0.2, 0.25) is 9.84 Å². The van der Waals surface area contributed by atoms with Gasteiger partial charge in [-0.1, -0.05) is 42.5 Å². The number of hydrogen-bond acceptors (Lipinski definition) is 4. The molecule has 2 aromatic heterocycles. The predicted molar refractivity (Wildman–Crippen MR) is 116 cm³/mol. The molecule has 3 aromatic rings. The van der Waals surface area contributed by atoms with E-state index in [2.05, 4.69) is 37.4 Å². The van der Waals surface area contributed by atoms with Crippen molar-refractivity contribution in [2.45, 2.75) is 36.7 Å². The number of rotatable bonds is 3. The number of halogens is 1. The molecule has 2 nitrogen and oxygen atoms in total. The first kappa shape index (κ1) is 18.4. The van der Waals surface area contributed by atoms with Gasteiger partial charge >= 0.3 is 0 Å². The zero-order chi connectivity index (χ0) is 18.9. The number of hydrogen-bond donors (Lipinski definition) is 0. The van der Waals surface area contributed by atoms with E-state index >= 15 is 0 Å². The summed E-state index contributed by atoms with van der Waals surface area (Å²) in [5.74, 6) is 0. The average molecular weight is 439 g/mol. The molecule has 0 saturated carbocycles. The van der Waals surface area contributed by atoms with Crippen molar-refractivity contribution in [3.63, 3.8) is 0 Å². The fourth-order valence-corrected chi connectivity index (χ4v) is 10.5. The lowest BCUT2D eigenvalue weighted by Gasteiger charge is -2.19. The van der Waals surface area contributed by atoms with Crippen LogP contribution in [-0.4, -0.2) is 22.0 Å². The Morgan fingerprint density at radius 2 is 1.65 bits per heavy atom. The number of benzene rings is 1. The smallest absolute Gasteiger partial charge is 0.210 e. The lowest BCUT2D eigenvalue weighted by atomic mass is 10.1. The van der Waals surface area contributed by atoms with Crippen LogP contribution in [0.15, 0.2) is 39.4 Å². The highest BCUT2D eigenvalue weighted by Crippen LogP contribution is 2.55. The molecule has 0 atom stereocenters. The molecule has 0 N–H and O–H groups in total. The van der Waals surface area contributed by atoms with Crippen LogP contribution in [-0.2, 0) is 9.84 Å². The number of alkyl halides is 1. The number of sulfone groups is 1. The van der Waals surface area contributed by atoms with Gasteiger partial charge in [-0.15, -0.1) is 34.3 Å². The third-order valence-electron chi connectivity index (χ3n) is 5.02. The normalized spacial score (nSPS) is 15.1. The standard InChI is InChI=1S/C19H19ClO2S3Si/c1-11-9-23-16-17-19(25(21,22)18(11)16)12(2)15(24-17)13-5-7-14(8-6-13)26(3,4)10-20/h5-9H,10H2,1-4H3. The summed E-state index contributed by atoms with van der Waals surface area (Å²) in [5.41, 5.74) is 3.49. The summed E-state index contributed by atoms with van der Waals surface area (Å²) < 4.78 is 26.1. The predicted octanol–water partition coefficient (Wildman–Crippen LogP) is 5.60. The summed E-state index contributed by atoms with van der Waals surface area (Å²) in [7, 11) is -4.98. The second kappa shape index (κ2) is 6.04. The topological polar surface area (TPSA) is 34.1 Å². The van der Waals surface area contributed by atoms with E-state index in [-0.39, 0.29) is 0 Å². The van der Waals surface area contributed by atoms with Crippen molar-refractivity contribution < 1.29 is 8.42 Å². The molecule has 0 bridgehead atoms. The molecule has 0 spiro atoms. The van der Waals surface area contributed by atoms with Crippen molar-refractivity contribution in [1.29, 1.82) is 0 Å². The zero-order valence-corrected chi connectivity index (χ0v) is 19.2. The Morgan fingerprint density at radius 3 is 2.27 bits per heavy atom. The van der Waals surface area contributed by atoms with Gasteiger partial charge in [0.05, 0.1) is 27.6 Å². The van der Waals surface area contributed by atoms with Crippen molar-refractivity contribution in [2.75, 3.05) is 5.50 Å². The van der Waals surface area contributed by atoms with Gasteiger partial charge in [0.1, 0.15) is 0 Å². The van der Waals surface area contributed by atoms with E-state index in [1.165, 1.54) is 16.5 Å². The van der Waals surface area contributed by atoms with Gasteiger partial charge in [-0.2, -0.15) is 0 Å². The zero-order valence-electron chi connectivity index (χ0n) is 15.0. The first-order chi connectivity index (χ1) is 12.2. The van der Waals surface area contributed by atoms with E-state index in [1.807, 2.05) is 19.2 Å². The van der Waals surface area contributed by atoms with Crippen molar-refractivity contribution >= 4 is 57.4 Å². The maximum atomic E-state index is 13.1. The maximum absolute atomic E-state index is 13.1. The van der Waals surface area contributed by atoms with E-state index in [9.17, 15) is 8.42 Å². The molecule has 0 amide bonds. The first-order valence-electron chi connectivity index (χ1n) is 8.32. The van der Waals surface area contributed by atoms with Crippen LogP contribution >= 0.6 is 34.3 Å². The molecule has 0 fully saturated rings. The molecule has 0 saturated heterocycles. The van der Waals surface area contributed by atoms with Crippen LogP contribution in [0.3, 0.4) is 0 Å². The summed E-state index contributed by atoms with van der Waals surface area (Å²) in [6, 6.07) is 8.53. The monoisotopic (exact) mass is 438 g/mol. The van der Waals surface area contributed by atoms with Crippen LogP contribution in [0.4, 0.5) is 0 Å². The minimum absolute atomic E-state index is 0.516. The molecular weight excluding hydrogens is 420 g/mol. The third kappa shape index (κ3) is 2.50. The third-order valence-corrected chi connectivity index (χ3v) is 14.6. The van der Waals surface area contributed by atoms with Gasteiger partial charge in [-0.3, -0.25) is 0 Å². The van der Waals surface area contributed by atoms with Crippen LogP contribution in [0, 0.1) is 13.8 Å². The molecule has 1 aliphatic heterocycles. The highest BCUT2D eigenvalue weighted by molar-refractivity contribution is 7.92. The molecule has 4 rings (SSSR count). The highest BCUT2D eigenvalue weighted by Gasteiger charge is 2.40. The Labute approximate surface area is 168 Å². The van der Waals surface area contributed by atoms with Crippen LogP contribution in [0.2, 0.25) is 13.1 Å². The largest absolute Gasteiger partial charge is 0.218 e. The van der Waals surface area contributed by atoms with Crippen LogP contribution < -0.4 is 5.19 Å². The average Bonchev–Trinajstić information content (AvgIpc) is 3.21. The Balaban J connectivity index is 1.86. The van der Waals surface area contributed by atoms with E-state index < -0.39 is 17.9 Å². The minimum Gasteiger partial charge on any atom is -0.218 e. The molecule has 1 aromatic carbocycles. The fourth-order valence-electron chi connectivity index (χ4n) is 3.42. The minimum atomic E-state index is -3.40. The lowest BCUT2D eigenvalue weighted by Crippen LogP contribution is -2.43. The fraction of sp³-hybridized carbons (Fsp3) is 0.263. The van der Waals surface area contributed by atoms with Gasteiger partial charge in [0, 0.05) is 10.4 Å². The van der Waals surface area contributed by atoms with Crippen molar-refractivity contribution in [1.82, 2.24) is 0 Å². The van der Waals surface area contributed by atoms with Gasteiger partial charge < -0.3 is 0 Å². The lowest BCUT2D eigenvalue weighted by molar-refractivity contribution is 0.598. The molecule has 136 valence electrons. The van der Waals surface area contributed by atoms with Gasteiger partial charge in [-0.25, -0.2) is 8.42 Å². The molecule has 0 aliphatic carbocycles. The molecule has 7 heteroatoms. The van der Waals surface area contributed by atoms with E-state index in [0.717, 1.165) is 31.3 Å². The second-order valence-corrected chi connectivity index (χ2v) is 16.5. The van der Waals surface area contributed by atoms with E-state index in [0.29, 0.717) is 15.3 Å². The van der Waals surface area contributed by atoms with Crippen LogP contribution in [0.5, 0.6) is 0 Å². The van der Waals surface area contributed by atoms with Crippen molar-refractivity contribution in [3.8, 4) is 20.2 Å². The van der Waals surface area contributed by atoms with Gasteiger partial charge in [0.25, 0.3) is 0 Å². The Hall–Kier alpha value is -0.923. The summed E-state index contributed by atoms with van der Waals surface area (Å²) in [4.78, 5) is 3.90. The van der Waals surface area contributed by atoms with E-state index in [4.69, 9.17) is 11.6 Å². The number of thiophene rings is 2. The summed E-state index contributed by atoms with van der Waals surface area (Å²) >= 11 is 9.27. The molecule has 0 radical (unpaired) electrons. The molecular formula is C19H19ClO2S3Si. The summed E-state index contributed by atoms with van der Waals surface area (Å²) in [5, 5.41) is 3.26. The summed E-state index contributed by atoms with van der Waals surface area (Å²) in [6.45, 7) is 8.32. The Kier molecular flexibility index (Phi) is 4.28. The SMILES string of the molecule is Cc1csc2c1S(=O)(=O)c1c-2sc(-c2ccc([Si](C)(C)CCl)cc2)c1C. The molecule has 1 aliphatic rings. The Bertz CT molecular complexity index is 1120. The first-order valence-corrected chi connectivity index (χ1v) is 15.2. The van der Waals surface area contributed by atoms with Crippen LogP contribution in [0.1, 0.15) is 11.1 Å². The summed E-state index contributed by atoms with van der Waals surface area (Å²) in [6.07, 6.45) is 0. The van der Waals surface area contributed by atoms with E-state index in [1.54, 1.807) is 11.3 Å². The number of aryl methyl sites for hydroxylation is 1. The molecule has 0 unspecified atom stereocenters.